The number of thiophene rings is 1. The van der Waals surface area contributed by atoms with Gasteiger partial charge in [0.2, 0.25) is 0 Å². The van der Waals surface area contributed by atoms with E-state index < -0.39 is 0 Å². The Labute approximate surface area is 125 Å². The molecule has 0 saturated heterocycles. The van der Waals surface area contributed by atoms with Crippen molar-refractivity contribution >= 4 is 21.4 Å². The first-order valence-electron chi connectivity index (χ1n) is 7.66. The topological polar surface area (TPSA) is 29.3 Å². The molecule has 0 radical (unpaired) electrons. The average Bonchev–Trinajstić information content (AvgIpc) is 3.10. The average molecular weight is 288 g/mol. The molecule has 0 bridgehead atoms. The van der Waals surface area contributed by atoms with E-state index in [1.54, 1.807) is 0 Å². The van der Waals surface area contributed by atoms with Gasteiger partial charge < -0.3 is 5.73 Å². The second-order valence-electron chi connectivity index (χ2n) is 6.03. The number of nitrogens with two attached hydrogens (primary N) is 1. The van der Waals surface area contributed by atoms with Crippen LogP contribution in [0.4, 0.5) is 0 Å². The van der Waals surface area contributed by atoms with Gasteiger partial charge in [-0.2, -0.15) is 0 Å². The molecule has 3 rings (SSSR count). The largest absolute Gasteiger partial charge is 0.329 e. The van der Waals surface area contributed by atoms with Crippen LogP contribution in [-0.4, -0.2) is 25.0 Å². The number of nitrogens with zero attached hydrogens (tertiary/aromatic N) is 1. The molecule has 2 N–H and O–H groups in total. The number of rotatable bonds is 5. The molecular weight excluding hydrogens is 264 g/mol. The maximum Gasteiger partial charge on any atom is 0.0481 e. The zero-order valence-electron chi connectivity index (χ0n) is 12.2. The summed E-state index contributed by atoms with van der Waals surface area (Å²) >= 11 is 1.84. The van der Waals surface area contributed by atoms with Gasteiger partial charge in [0.25, 0.3) is 0 Å². The minimum atomic E-state index is 0.353. The van der Waals surface area contributed by atoms with Gasteiger partial charge in [-0.05, 0) is 48.2 Å². The van der Waals surface area contributed by atoms with Crippen LogP contribution in [0.2, 0.25) is 0 Å². The van der Waals surface area contributed by atoms with Crippen LogP contribution in [0.1, 0.15) is 37.3 Å². The second-order valence-corrected chi connectivity index (χ2v) is 6.94. The minimum absolute atomic E-state index is 0.353. The number of hydrogen-bond donors (Lipinski definition) is 1. The van der Waals surface area contributed by atoms with E-state index in [2.05, 4.69) is 41.6 Å². The minimum Gasteiger partial charge on any atom is -0.329 e. The van der Waals surface area contributed by atoms with E-state index >= 15 is 0 Å². The zero-order valence-corrected chi connectivity index (χ0v) is 13.0. The fraction of sp³-hybridized carbons (Fsp3) is 0.529. The molecule has 1 unspecified atom stereocenters. The Hall–Kier alpha value is -0.900. The maximum atomic E-state index is 6.09. The van der Waals surface area contributed by atoms with E-state index in [0.29, 0.717) is 12.6 Å². The molecule has 2 aromatic rings. The predicted octanol–water partition coefficient (Wildman–Crippen LogP) is 4.02. The van der Waals surface area contributed by atoms with Crippen molar-refractivity contribution in [3.63, 3.8) is 0 Å². The van der Waals surface area contributed by atoms with Gasteiger partial charge >= 0.3 is 0 Å². The predicted molar refractivity (Wildman–Crippen MR) is 88.2 cm³/mol. The van der Waals surface area contributed by atoms with Crippen molar-refractivity contribution < 1.29 is 0 Å². The molecule has 3 heteroatoms. The van der Waals surface area contributed by atoms with Gasteiger partial charge in [0.15, 0.2) is 0 Å². The Kier molecular flexibility index (Phi) is 4.39. The van der Waals surface area contributed by atoms with Crippen LogP contribution in [0.5, 0.6) is 0 Å². The third-order valence-corrected chi connectivity index (χ3v) is 5.63. The Bertz CT molecular complexity index is 557. The van der Waals surface area contributed by atoms with E-state index in [-0.39, 0.29) is 0 Å². The summed E-state index contributed by atoms with van der Waals surface area (Å²) < 4.78 is 1.37. The van der Waals surface area contributed by atoms with Gasteiger partial charge in [-0.1, -0.05) is 31.0 Å². The molecule has 1 aliphatic rings. The lowest BCUT2D eigenvalue weighted by Crippen LogP contribution is -2.33. The standard InChI is InChI=1S/C17H24N2S/c1-19(11-13-6-2-3-7-13)16(10-18)15-12-20-17-9-5-4-8-14(15)17/h4-5,8-9,12-13,16H,2-3,6-7,10-11,18H2,1H3. The third-order valence-electron chi connectivity index (χ3n) is 4.65. The van der Waals surface area contributed by atoms with Crippen molar-refractivity contribution in [3.8, 4) is 0 Å². The van der Waals surface area contributed by atoms with Gasteiger partial charge in [-0.3, -0.25) is 4.90 Å². The number of likely N-dealkylation sites (N-methyl/N-ethyl adjacent to an activating group) is 1. The summed E-state index contributed by atoms with van der Waals surface area (Å²) in [6.07, 6.45) is 5.61. The third kappa shape index (κ3) is 2.76. The van der Waals surface area contributed by atoms with Gasteiger partial charge in [0.05, 0.1) is 0 Å². The van der Waals surface area contributed by atoms with Crippen LogP contribution in [0, 0.1) is 5.92 Å². The molecule has 20 heavy (non-hydrogen) atoms. The molecule has 1 saturated carbocycles. The van der Waals surface area contributed by atoms with Crippen LogP contribution in [0.3, 0.4) is 0 Å². The lowest BCUT2D eigenvalue weighted by atomic mass is 10.0. The number of hydrogen-bond acceptors (Lipinski definition) is 3. The van der Waals surface area contributed by atoms with Crippen molar-refractivity contribution in [3.05, 3.63) is 35.2 Å². The summed E-state index contributed by atoms with van der Waals surface area (Å²) in [5.41, 5.74) is 7.50. The Morgan fingerprint density at radius 3 is 2.80 bits per heavy atom. The maximum absolute atomic E-state index is 6.09. The van der Waals surface area contributed by atoms with Crippen LogP contribution in [0.25, 0.3) is 10.1 Å². The van der Waals surface area contributed by atoms with Crippen molar-refractivity contribution in [1.29, 1.82) is 0 Å². The van der Waals surface area contributed by atoms with Crippen LogP contribution in [0.15, 0.2) is 29.6 Å². The SMILES string of the molecule is CN(CC1CCCC1)C(CN)c1csc2ccccc12. The molecule has 1 aromatic heterocycles. The zero-order chi connectivity index (χ0) is 13.9. The molecule has 1 aliphatic carbocycles. The highest BCUT2D eigenvalue weighted by Crippen LogP contribution is 2.34. The number of benzene rings is 1. The van der Waals surface area contributed by atoms with Gasteiger partial charge in [-0.25, -0.2) is 0 Å². The highest BCUT2D eigenvalue weighted by molar-refractivity contribution is 7.17. The first kappa shape index (κ1) is 14.1. The van der Waals surface area contributed by atoms with Gasteiger partial charge in [0, 0.05) is 23.8 Å². The van der Waals surface area contributed by atoms with Crippen molar-refractivity contribution in [2.24, 2.45) is 11.7 Å². The Morgan fingerprint density at radius 2 is 2.05 bits per heavy atom. The Morgan fingerprint density at radius 1 is 1.30 bits per heavy atom. The summed E-state index contributed by atoms with van der Waals surface area (Å²) in [6, 6.07) is 9.03. The molecule has 0 aliphatic heterocycles. The molecule has 1 fully saturated rings. The normalized spacial score (nSPS) is 18.1. The summed E-state index contributed by atoms with van der Waals surface area (Å²) in [6.45, 7) is 1.88. The van der Waals surface area contributed by atoms with E-state index in [4.69, 9.17) is 5.73 Å². The van der Waals surface area contributed by atoms with Crippen LogP contribution < -0.4 is 5.73 Å². The lowest BCUT2D eigenvalue weighted by molar-refractivity contribution is 0.214. The molecule has 0 amide bonds. The molecule has 1 aromatic carbocycles. The molecule has 2 nitrogen and oxygen atoms in total. The van der Waals surface area contributed by atoms with E-state index in [1.807, 2.05) is 11.3 Å². The molecule has 108 valence electrons. The first-order chi connectivity index (χ1) is 9.79. The monoisotopic (exact) mass is 288 g/mol. The Balaban J connectivity index is 1.81. The molecule has 1 atom stereocenters. The van der Waals surface area contributed by atoms with Crippen molar-refractivity contribution in [2.45, 2.75) is 31.7 Å². The fourth-order valence-corrected chi connectivity index (χ4v) is 4.54. The van der Waals surface area contributed by atoms with Crippen LogP contribution in [-0.2, 0) is 0 Å². The van der Waals surface area contributed by atoms with E-state index in [1.165, 1.54) is 47.9 Å². The quantitative estimate of drug-likeness (QED) is 0.900. The summed E-state index contributed by atoms with van der Waals surface area (Å²) in [4.78, 5) is 2.48. The van der Waals surface area contributed by atoms with E-state index in [9.17, 15) is 0 Å². The molecule has 1 heterocycles. The van der Waals surface area contributed by atoms with Crippen molar-refractivity contribution in [1.82, 2.24) is 4.90 Å². The first-order valence-corrected chi connectivity index (χ1v) is 8.54. The van der Waals surface area contributed by atoms with Crippen molar-refractivity contribution in [2.75, 3.05) is 20.1 Å². The second kappa shape index (κ2) is 6.25. The summed E-state index contributed by atoms with van der Waals surface area (Å²) in [5.74, 6) is 0.874. The molecule has 0 spiro atoms. The highest BCUT2D eigenvalue weighted by atomic mass is 32.1. The smallest absolute Gasteiger partial charge is 0.0481 e. The lowest BCUT2D eigenvalue weighted by Gasteiger charge is -2.29. The molecular formula is C17H24N2S. The van der Waals surface area contributed by atoms with Gasteiger partial charge in [-0.15, -0.1) is 11.3 Å². The highest BCUT2D eigenvalue weighted by Gasteiger charge is 2.23. The fourth-order valence-electron chi connectivity index (χ4n) is 3.53. The summed E-state index contributed by atoms with van der Waals surface area (Å²) in [5, 5.41) is 3.68. The number of fused-ring (bicyclic) bond motifs is 1. The van der Waals surface area contributed by atoms with Gasteiger partial charge in [0.1, 0.15) is 0 Å². The van der Waals surface area contributed by atoms with E-state index in [0.717, 1.165) is 5.92 Å². The van der Waals surface area contributed by atoms with Crippen LogP contribution >= 0.6 is 11.3 Å². The summed E-state index contributed by atoms with van der Waals surface area (Å²) in [7, 11) is 2.24.